The lowest BCUT2D eigenvalue weighted by Gasteiger charge is -2.10. The van der Waals surface area contributed by atoms with E-state index in [1.54, 1.807) is 0 Å². The molecule has 1 unspecified atom stereocenters. The molecule has 3 rings (SSSR count). The third-order valence-corrected chi connectivity index (χ3v) is 4.02. The average molecular weight is 370 g/mol. The number of fused-ring (bicyclic) bond motifs is 1. The Morgan fingerprint density at radius 1 is 1.15 bits per heavy atom. The first-order chi connectivity index (χ1) is 9.56. The third kappa shape index (κ3) is 2.46. The van der Waals surface area contributed by atoms with Crippen molar-refractivity contribution in [3.05, 3.63) is 57.8 Å². The molecule has 3 aromatic rings. The SMILES string of the molecule is CC(Cl)c1nc2cc(Br)ccc2n1-c1ccc(Cl)cc1. The second-order valence-corrected chi connectivity index (χ2v) is 6.54. The summed E-state index contributed by atoms with van der Waals surface area (Å²) >= 11 is 15.7. The van der Waals surface area contributed by atoms with Crippen LogP contribution in [-0.4, -0.2) is 9.55 Å². The van der Waals surface area contributed by atoms with Crippen LogP contribution in [0.1, 0.15) is 18.1 Å². The van der Waals surface area contributed by atoms with Crippen LogP contribution in [0.15, 0.2) is 46.9 Å². The van der Waals surface area contributed by atoms with Crippen LogP contribution in [0.25, 0.3) is 16.7 Å². The number of alkyl halides is 1. The van der Waals surface area contributed by atoms with Crippen molar-refractivity contribution < 1.29 is 0 Å². The molecule has 2 nitrogen and oxygen atoms in total. The van der Waals surface area contributed by atoms with Crippen molar-refractivity contribution >= 4 is 50.2 Å². The van der Waals surface area contributed by atoms with Crippen molar-refractivity contribution in [3.8, 4) is 5.69 Å². The Bertz CT molecular complexity index is 763. The second-order valence-electron chi connectivity index (χ2n) is 4.53. The minimum atomic E-state index is -0.183. The molecule has 2 aromatic carbocycles. The molecule has 0 fully saturated rings. The van der Waals surface area contributed by atoms with Gasteiger partial charge in [-0.2, -0.15) is 0 Å². The number of imidazole rings is 1. The van der Waals surface area contributed by atoms with Crippen LogP contribution in [-0.2, 0) is 0 Å². The number of halogens is 3. The lowest BCUT2D eigenvalue weighted by atomic mass is 10.2. The van der Waals surface area contributed by atoms with E-state index in [0.29, 0.717) is 5.02 Å². The van der Waals surface area contributed by atoms with Crippen LogP contribution in [0, 0.1) is 0 Å². The van der Waals surface area contributed by atoms with Gasteiger partial charge in [-0.25, -0.2) is 4.98 Å². The Hall–Kier alpha value is -1.03. The van der Waals surface area contributed by atoms with Gasteiger partial charge in [-0.05, 0) is 49.4 Å². The molecule has 0 saturated carbocycles. The molecule has 0 aliphatic rings. The molecule has 0 spiro atoms. The fraction of sp³-hybridized carbons (Fsp3) is 0.133. The van der Waals surface area contributed by atoms with E-state index >= 15 is 0 Å². The summed E-state index contributed by atoms with van der Waals surface area (Å²) < 4.78 is 3.06. The van der Waals surface area contributed by atoms with Gasteiger partial charge in [0.15, 0.2) is 0 Å². The molecule has 0 bridgehead atoms. The molecule has 1 atom stereocenters. The van der Waals surface area contributed by atoms with Crippen LogP contribution in [0.5, 0.6) is 0 Å². The molecule has 20 heavy (non-hydrogen) atoms. The lowest BCUT2D eigenvalue weighted by molar-refractivity contribution is 0.882. The van der Waals surface area contributed by atoms with Gasteiger partial charge in [0.2, 0.25) is 0 Å². The van der Waals surface area contributed by atoms with E-state index in [1.165, 1.54) is 0 Å². The van der Waals surface area contributed by atoms with Gasteiger partial charge in [-0.3, -0.25) is 4.57 Å². The molecule has 0 radical (unpaired) electrons. The minimum absolute atomic E-state index is 0.183. The van der Waals surface area contributed by atoms with Gasteiger partial charge < -0.3 is 0 Å². The van der Waals surface area contributed by atoms with Crippen LogP contribution >= 0.6 is 39.1 Å². The molecule has 0 aliphatic carbocycles. The first-order valence-corrected chi connectivity index (χ1v) is 7.75. The molecule has 5 heteroatoms. The maximum absolute atomic E-state index is 6.28. The summed E-state index contributed by atoms with van der Waals surface area (Å²) in [5.74, 6) is 0.821. The maximum atomic E-state index is 6.28. The first kappa shape index (κ1) is 13.9. The van der Waals surface area contributed by atoms with Crippen molar-refractivity contribution in [2.75, 3.05) is 0 Å². The predicted molar refractivity (Wildman–Crippen MR) is 88.0 cm³/mol. The third-order valence-electron chi connectivity index (χ3n) is 3.08. The van der Waals surface area contributed by atoms with Crippen LogP contribution in [0.2, 0.25) is 5.02 Å². The van der Waals surface area contributed by atoms with Gasteiger partial charge in [0.05, 0.1) is 16.4 Å². The number of hydrogen-bond acceptors (Lipinski definition) is 1. The molecular weight excluding hydrogens is 359 g/mol. The highest BCUT2D eigenvalue weighted by atomic mass is 79.9. The van der Waals surface area contributed by atoms with E-state index < -0.39 is 0 Å². The zero-order chi connectivity index (χ0) is 14.3. The van der Waals surface area contributed by atoms with Gasteiger partial charge >= 0.3 is 0 Å². The topological polar surface area (TPSA) is 17.8 Å². The molecule has 0 aliphatic heterocycles. The van der Waals surface area contributed by atoms with E-state index in [1.807, 2.05) is 49.4 Å². The van der Waals surface area contributed by atoms with Crippen molar-refractivity contribution in [2.24, 2.45) is 0 Å². The van der Waals surface area contributed by atoms with E-state index in [2.05, 4.69) is 25.5 Å². The van der Waals surface area contributed by atoms with E-state index in [0.717, 1.165) is 27.0 Å². The zero-order valence-corrected chi connectivity index (χ0v) is 13.7. The lowest BCUT2D eigenvalue weighted by Crippen LogP contribution is -2.01. The Balaban J connectivity index is 2.31. The van der Waals surface area contributed by atoms with Crippen LogP contribution in [0.3, 0.4) is 0 Å². The second kappa shape index (κ2) is 5.40. The van der Waals surface area contributed by atoms with Gasteiger partial charge in [0.1, 0.15) is 5.82 Å². The molecular formula is C15H11BrCl2N2. The van der Waals surface area contributed by atoms with Crippen molar-refractivity contribution in [2.45, 2.75) is 12.3 Å². The Morgan fingerprint density at radius 2 is 1.85 bits per heavy atom. The van der Waals surface area contributed by atoms with E-state index in [4.69, 9.17) is 23.2 Å². The summed E-state index contributed by atoms with van der Waals surface area (Å²) in [7, 11) is 0. The number of benzene rings is 2. The molecule has 1 aromatic heterocycles. The highest BCUT2D eigenvalue weighted by Crippen LogP contribution is 2.30. The minimum Gasteiger partial charge on any atom is -0.295 e. The van der Waals surface area contributed by atoms with Crippen molar-refractivity contribution in [1.82, 2.24) is 9.55 Å². The zero-order valence-electron chi connectivity index (χ0n) is 10.6. The summed E-state index contributed by atoms with van der Waals surface area (Å²) in [6.07, 6.45) is 0. The summed E-state index contributed by atoms with van der Waals surface area (Å²) in [5.41, 5.74) is 2.94. The Labute approximate surface area is 135 Å². The quantitative estimate of drug-likeness (QED) is 0.526. The monoisotopic (exact) mass is 368 g/mol. The van der Waals surface area contributed by atoms with Crippen molar-refractivity contribution in [3.63, 3.8) is 0 Å². The average Bonchev–Trinajstić information content (AvgIpc) is 2.78. The Morgan fingerprint density at radius 3 is 2.50 bits per heavy atom. The highest BCUT2D eigenvalue weighted by Gasteiger charge is 2.16. The Kier molecular flexibility index (Phi) is 3.76. The largest absolute Gasteiger partial charge is 0.295 e. The highest BCUT2D eigenvalue weighted by molar-refractivity contribution is 9.10. The standard InChI is InChI=1S/C15H11BrCl2N2/c1-9(17)15-19-13-8-10(16)2-7-14(13)20(15)12-5-3-11(18)4-6-12/h2-9H,1H3. The molecule has 102 valence electrons. The predicted octanol–water partition coefficient (Wildman–Crippen LogP) is 5.74. The van der Waals surface area contributed by atoms with Crippen LogP contribution < -0.4 is 0 Å². The summed E-state index contributed by atoms with van der Waals surface area (Å²) in [4.78, 5) is 4.64. The fourth-order valence-electron chi connectivity index (χ4n) is 2.20. The van der Waals surface area contributed by atoms with Gasteiger partial charge in [-0.1, -0.05) is 27.5 Å². The number of hydrogen-bond donors (Lipinski definition) is 0. The summed E-state index contributed by atoms with van der Waals surface area (Å²) in [6, 6.07) is 13.7. The van der Waals surface area contributed by atoms with Gasteiger partial charge in [-0.15, -0.1) is 11.6 Å². The molecule has 0 N–H and O–H groups in total. The summed E-state index contributed by atoms with van der Waals surface area (Å²) in [6.45, 7) is 1.92. The van der Waals surface area contributed by atoms with E-state index in [-0.39, 0.29) is 5.38 Å². The molecule has 0 amide bonds. The number of aromatic nitrogens is 2. The maximum Gasteiger partial charge on any atom is 0.132 e. The van der Waals surface area contributed by atoms with Gasteiger partial charge in [0, 0.05) is 15.2 Å². The van der Waals surface area contributed by atoms with Crippen molar-refractivity contribution in [1.29, 1.82) is 0 Å². The number of nitrogens with zero attached hydrogens (tertiary/aromatic N) is 2. The van der Waals surface area contributed by atoms with Crippen LogP contribution in [0.4, 0.5) is 0 Å². The normalized spacial score (nSPS) is 12.8. The fourth-order valence-corrected chi connectivity index (χ4v) is 2.82. The first-order valence-electron chi connectivity index (χ1n) is 6.14. The number of rotatable bonds is 2. The molecule has 1 heterocycles. The molecule has 0 saturated heterocycles. The summed E-state index contributed by atoms with van der Waals surface area (Å²) in [5, 5.41) is 0.526. The van der Waals surface area contributed by atoms with E-state index in [9.17, 15) is 0 Å². The smallest absolute Gasteiger partial charge is 0.132 e. The van der Waals surface area contributed by atoms with Gasteiger partial charge in [0.25, 0.3) is 0 Å².